The molecule has 0 fully saturated rings. The molecule has 0 atom stereocenters. The number of ether oxygens (including phenoxy) is 2. The largest absolute Gasteiger partial charge is 0.549 e. The lowest BCUT2D eigenvalue weighted by atomic mass is 10.2. The van der Waals surface area contributed by atoms with E-state index in [-0.39, 0.29) is 13.2 Å². The molecule has 0 rings (SSSR count). The summed E-state index contributed by atoms with van der Waals surface area (Å²) in [7, 11) is 0. The minimum absolute atomic E-state index is 0.00281. The summed E-state index contributed by atoms with van der Waals surface area (Å²) in [6.45, 7) is -0.00563. The van der Waals surface area contributed by atoms with Crippen LogP contribution in [-0.2, 0) is 29.0 Å². The van der Waals surface area contributed by atoms with E-state index in [0.717, 1.165) is 0 Å². The van der Waals surface area contributed by atoms with Crippen LogP contribution >= 0.6 is 0 Å². The molecule has 0 amide bonds. The van der Waals surface area contributed by atoms with Gasteiger partial charge in [0.1, 0.15) is 0 Å². The Morgan fingerprint density at radius 2 is 0.955 bits per heavy atom. The van der Waals surface area contributed by atoms with Crippen LogP contribution in [0.4, 0.5) is 19.2 Å². The molecule has 0 aromatic rings. The van der Waals surface area contributed by atoms with Gasteiger partial charge in [-0.1, -0.05) is 0 Å². The van der Waals surface area contributed by atoms with Crippen LogP contribution < -0.4 is 0 Å². The molecular weight excluding hydrogens is 312 g/mol. The summed E-state index contributed by atoms with van der Waals surface area (Å²) in [5.74, 6) is 0. The van der Waals surface area contributed by atoms with Crippen molar-refractivity contribution in [1.82, 2.24) is 0 Å². The van der Waals surface area contributed by atoms with Gasteiger partial charge in [-0.15, -0.1) is 0 Å². The highest BCUT2D eigenvalue weighted by Gasteiger charge is 2.09. The summed E-state index contributed by atoms with van der Waals surface area (Å²) in [5, 5.41) is 16.0. The lowest BCUT2D eigenvalue weighted by molar-refractivity contribution is -0.213. The van der Waals surface area contributed by atoms with Gasteiger partial charge < -0.3 is 19.7 Å². The maximum absolute atomic E-state index is 10.7. The second-order valence-electron chi connectivity index (χ2n) is 3.48. The van der Waals surface area contributed by atoms with E-state index < -0.39 is 24.6 Å². The highest BCUT2D eigenvalue weighted by atomic mass is 17.3. The van der Waals surface area contributed by atoms with Gasteiger partial charge in [-0.2, -0.15) is 19.4 Å². The van der Waals surface area contributed by atoms with E-state index in [1.807, 2.05) is 0 Å². The summed E-state index contributed by atoms with van der Waals surface area (Å²) in [4.78, 5) is 55.6. The third kappa shape index (κ3) is 13.5. The Morgan fingerprint density at radius 1 is 0.591 bits per heavy atom. The fourth-order valence-corrected chi connectivity index (χ4v) is 1.06. The number of hydrogen-bond acceptors (Lipinski definition) is 10. The fraction of sp³-hybridized carbons (Fsp3) is 0.600. The zero-order chi connectivity index (χ0) is 16.8. The first-order valence-corrected chi connectivity index (χ1v) is 5.90. The average Bonchev–Trinajstić information content (AvgIpc) is 2.45. The Balaban J connectivity index is 3.33. The first kappa shape index (κ1) is 19.1. The fourth-order valence-electron chi connectivity index (χ4n) is 1.06. The third-order valence-corrected chi connectivity index (χ3v) is 1.84. The van der Waals surface area contributed by atoms with Gasteiger partial charge in [0.2, 0.25) is 0 Å². The Labute approximate surface area is 123 Å². The van der Waals surface area contributed by atoms with E-state index >= 15 is 0 Å². The molecule has 0 aliphatic heterocycles. The van der Waals surface area contributed by atoms with E-state index in [0.29, 0.717) is 25.7 Å². The molecule has 126 valence electrons. The lowest BCUT2D eigenvalue weighted by Gasteiger charge is -2.04. The molecule has 0 aromatic heterocycles. The van der Waals surface area contributed by atoms with Gasteiger partial charge in [0.15, 0.2) is 0 Å². The van der Waals surface area contributed by atoms with E-state index in [1.165, 1.54) is 0 Å². The summed E-state index contributed by atoms with van der Waals surface area (Å²) in [6, 6.07) is 0. The molecular formula is C10H14O12. The smallest absolute Gasteiger partial charge is 0.447 e. The maximum atomic E-state index is 10.7. The van der Waals surface area contributed by atoms with Gasteiger partial charge in [-0.25, -0.2) is 19.4 Å². The van der Waals surface area contributed by atoms with Crippen molar-refractivity contribution >= 4 is 24.6 Å². The molecule has 0 heterocycles. The van der Waals surface area contributed by atoms with Gasteiger partial charge in [0.25, 0.3) is 0 Å². The molecule has 0 radical (unpaired) electrons. The van der Waals surface area contributed by atoms with Crippen LogP contribution in [0.1, 0.15) is 25.7 Å². The number of unbranched alkanes of at least 4 members (excludes halogenated alkanes) is 3. The van der Waals surface area contributed by atoms with Gasteiger partial charge in [-0.05, 0) is 25.7 Å². The van der Waals surface area contributed by atoms with Crippen molar-refractivity contribution in [3.8, 4) is 0 Å². The third-order valence-electron chi connectivity index (χ3n) is 1.84. The monoisotopic (exact) mass is 326 g/mol. The Kier molecular flexibility index (Phi) is 10.3. The zero-order valence-corrected chi connectivity index (χ0v) is 11.2. The number of hydrogen-bond donors (Lipinski definition) is 2. The average molecular weight is 326 g/mol. The number of carboxylic acid groups (broad SMARTS) is 2. The predicted octanol–water partition coefficient (Wildman–Crippen LogP) is 2.07. The van der Waals surface area contributed by atoms with Crippen molar-refractivity contribution in [2.24, 2.45) is 0 Å². The Hall–Kier alpha value is -2.92. The van der Waals surface area contributed by atoms with Crippen LogP contribution in [0.2, 0.25) is 0 Å². The maximum Gasteiger partial charge on any atom is 0.549 e. The Morgan fingerprint density at radius 3 is 1.27 bits per heavy atom. The van der Waals surface area contributed by atoms with Crippen molar-refractivity contribution in [2.75, 3.05) is 13.2 Å². The molecule has 2 N–H and O–H groups in total. The van der Waals surface area contributed by atoms with E-state index in [9.17, 15) is 19.2 Å². The zero-order valence-electron chi connectivity index (χ0n) is 11.2. The van der Waals surface area contributed by atoms with E-state index in [4.69, 9.17) is 10.2 Å². The molecule has 22 heavy (non-hydrogen) atoms. The molecule has 0 saturated heterocycles. The Bertz CT molecular complexity index is 342. The normalized spacial score (nSPS) is 9.27. The summed E-state index contributed by atoms with van der Waals surface area (Å²) in [6.07, 6.45) is -3.91. The quantitative estimate of drug-likeness (QED) is 0.303. The minimum atomic E-state index is -1.77. The van der Waals surface area contributed by atoms with Gasteiger partial charge in [0.05, 0.1) is 13.2 Å². The standard InChI is InChI=1S/C10H14O12/c11-7(12)19-21-9(15)17-5-3-1-2-4-6-18-10(16)22-20-8(13)14/h1-6H2,(H,11,12)(H,13,14). The summed E-state index contributed by atoms with van der Waals surface area (Å²) in [5.41, 5.74) is 0. The first-order valence-electron chi connectivity index (χ1n) is 5.90. The SMILES string of the molecule is O=C(O)OOC(=O)OCCCCCCOC(=O)OOC(=O)O. The van der Waals surface area contributed by atoms with E-state index in [1.54, 1.807) is 0 Å². The minimum Gasteiger partial charge on any atom is -0.447 e. The highest BCUT2D eigenvalue weighted by molar-refractivity contribution is 5.62. The van der Waals surface area contributed by atoms with Crippen molar-refractivity contribution in [3.63, 3.8) is 0 Å². The molecule has 0 aromatic carbocycles. The second-order valence-corrected chi connectivity index (χ2v) is 3.48. The summed E-state index contributed by atoms with van der Waals surface area (Å²) < 4.78 is 8.93. The molecule has 0 saturated carbocycles. The van der Waals surface area contributed by atoms with Crippen LogP contribution in [0.5, 0.6) is 0 Å². The van der Waals surface area contributed by atoms with Gasteiger partial charge in [-0.3, -0.25) is 0 Å². The molecule has 0 bridgehead atoms. The van der Waals surface area contributed by atoms with E-state index in [2.05, 4.69) is 29.0 Å². The van der Waals surface area contributed by atoms with Crippen molar-refractivity contribution in [2.45, 2.75) is 25.7 Å². The molecule has 0 unspecified atom stereocenters. The molecule has 12 nitrogen and oxygen atoms in total. The molecule has 12 heteroatoms. The number of carbonyl (C=O) groups is 4. The van der Waals surface area contributed by atoms with Crippen LogP contribution in [0, 0.1) is 0 Å². The van der Waals surface area contributed by atoms with Gasteiger partial charge >= 0.3 is 24.6 Å². The number of carbonyl (C=O) groups excluding carboxylic acids is 2. The van der Waals surface area contributed by atoms with Crippen LogP contribution in [0.25, 0.3) is 0 Å². The van der Waals surface area contributed by atoms with Crippen LogP contribution in [0.3, 0.4) is 0 Å². The summed E-state index contributed by atoms with van der Waals surface area (Å²) >= 11 is 0. The van der Waals surface area contributed by atoms with Crippen molar-refractivity contribution < 1.29 is 58.4 Å². The van der Waals surface area contributed by atoms with Crippen molar-refractivity contribution in [3.05, 3.63) is 0 Å². The number of rotatable bonds is 7. The van der Waals surface area contributed by atoms with Crippen LogP contribution in [0.15, 0.2) is 0 Å². The first-order chi connectivity index (χ1) is 10.4. The van der Waals surface area contributed by atoms with Gasteiger partial charge in [0, 0.05) is 0 Å². The topological polar surface area (TPSA) is 164 Å². The molecule has 0 aliphatic carbocycles. The predicted molar refractivity (Wildman–Crippen MR) is 61.6 cm³/mol. The molecule has 0 aliphatic rings. The van der Waals surface area contributed by atoms with Crippen LogP contribution in [-0.4, -0.2) is 48.0 Å². The second kappa shape index (κ2) is 11.9. The lowest BCUT2D eigenvalue weighted by Crippen LogP contribution is -2.12. The van der Waals surface area contributed by atoms with Crippen molar-refractivity contribution in [1.29, 1.82) is 0 Å². The molecule has 0 spiro atoms. The highest BCUT2D eigenvalue weighted by Crippen LogP contribution is 2.02.